The van der Waals surface area contributed by atoms with E-state index in [1.165, 1.54) is 0 Å². The van der Waals surface area contributed by atoms with Crippen molar-refractivity contribution in [2.75, 3.05) is 13.2 Å². The van der Waals surface area contributed by atoms with Crippen molar-refractivity contribution in [3.63, 3.8) is 0 Å². The molecule has 0 saturated heterocycles. The summed E-state index contributed by atoms with van der Waals surface area (Å²) < 4.78 is 4.89. The molecule has 0 rings (SSSR count). The number of carbonyl (C=O) groups is 2. The van der Waals surface area contributed by atoms with Crippen molar-refractivity contribution in [1.82, 2.24) is 5.32 Å². The average molecular weight is 219 g/mol. The summed E-state index contributed by atoms with van der Waals surface area (Å²) in [6.45, 7) is 4.43. The highest BCUT2D eigenvalue weighted by atomic mass is 16.6. The Morgan fingerprint density at radius 3 is 2.27 bits per heavy atom. The molecular weight excluding hydrogens is 202 g/mol. The number of carboxylic acids is 1. The lowest BCUT2D eigenvalue weighted by molar-refractivity contribution is -0.142. The van der Waals surface area contributed by atoms with E-state index < -0.39 is 30.2 Å². The third-order valence-corrected chi connectivity index (χ3v) is 1.46. The van der Waals surface area contributed by atoms with Crippen molar-refractivity contribution < 1.29 is 24.5 Å². The molecule has 3 N–H and O–H groups in total. The number of hydrogen-bond donors (Lipinski definition) is 3. The topological polar surface area (TPSA) is 95.9 Å². The average Bonchev–Trinajstić information content (AvgIpc) is 2.01. The van der Waals surface area contributed by atoms with Crippen LogP contribution in [0.25, 0.3) is 0 Å². The molecule has 0 bridgehead atoms. The van der Waals surface area contributed by atoms with Crippen molar-refractivity contribution in [3.8, 4) is 0 Å². The molecule has 0 radical (unpaired) electrons. The molecule has 0 aliphatic rings. The summed E-state index contributed by atoms with van der Waals surface area (Å²) in [5.74, 6) is -2.16. The maximum Gasteiger partial charge on any atom is 0.407 e. The fourth-order valence-electron chi connectivity index (χ4n) is 0.751. The molecule has 6 nitrogen and oxygen atoms in total. The van der Waals surface area contributed by atoms with E-state index >= 15 is 0 Å². The number of carboxylic acid groups (broad SMARTS) is 1. The third kappa shape index (κ3) is 6.73. The van der Waals surface area contributed by atoms with Crippen LogP contribution in [0.1, 0.15) is 20.8 Å². The van der Waals surface area contributed by atoms with E-state index in [1.807, 2.05) is 0 Å². The maximum absolute atomic E-state index is 11.1. The SMILES string of the molecule is CC(C)(C)OC(=O)NC[C@H](CO)C(=O)O. The second kappa shape index (κ2) is 5.55. The molecule has 0 aromatic carbocycles. The summed E-state index contributed by atoms with van der Waals surface area (Å²) >= 11 is 0. The number of carbonyl (C=O) groups excluding carboxylic acids is 1. The zero-order valence-electron chi connectivity index (χ0n) is 9.11. The van der Waals surface area contributed by atoms with E-state index in [2.05, 4.69) is 5.32 Å². The molecule has 1 amide bonds. The van der Waals surface area contributed by atoms with Crippen LogP contribution in [0.3, 0.4) is 0 Å². The number of nitrogens with one attached hydrogen (secondary N) is 1. The number of aliphatic hydroxyl groups excluding tert-OH is 1. The lowest BCUT2D eigenvalue weighted by Crippen LogP contribution is -2.38. The van der Waals surface area contributed by atoms with Gasteiger partial charge in [-0.05, 0) is 20.8 Å². The van der Waals surface area contributed by atoms with Gasteiger partial charge in [-0.3, -0.25) is 4.79 Å². The molecule has 0 unspecified atom stereocenters. The van der Waals surface area contributed by atoms with Gasteiger partial charge in [0.1, 0.15) is 5.60 Å². The molecule has 15 heavy (non-hydrogen) atoms. The van der Waals surface area contributed by atoms with Gasteiger partial charge in [-0.2, -0.15) is 0 Å². The first-order valence-corrected chi connectivity index (χ1v) is 4.57. The fourth-order valence-corrected chi connectivity index (χ4v) is 0.751. The van der Waals surface area contributed by atoms with Crippen LogP contribution in [0.4, 0.5) is 4.79 Å². The summed E-state index contributed by atoms with van der Waals surface area (Å²) in [5.41, 5.74) is -0.623. The number of hydrogen-bond acceptors (Lipinski definition) is 4. The maximum atomic E-state index is 11.1. The van der Waals surface area contributed by atoms with Crippen LogP contribution in [0.5, 0.6) is 0 Å². The van der Waals surface area contributed by atoms with Crippen molar-refractivity contribution in [2.45, 2.75) is 26.4 Å². The molecule has 0 aromatic rings. The summed E-state index contributed by atoms with van der Waals surface area (Å²) in [6.07, 6.45) is -0.692. The van der Waals surface area contributed by atoms with Crippen molar-refractivity contribution in [3.05, 3.63) is 0 Å². The minimum absolute atomic E-state index is 0.152. The van der Waals surface area contributed by atoms with E-state index in [1.54, 1.807) is 20.8 Å². The van der Waals surface area contributed by atoms with Crippen LogP contribution < -0.4 is 5.32 Å². The predicted molar refractivity (Wildman–Crippen MR) is 52.4 cm³/mol. The summed E-state index contributed by atoms with van der Waals surface area (Å²) in [4.78, 5) is 21.6. The molecule has 0 aliphatic heterocycles. The molecule has 0 saturated carbocycles. The minimum atomic E-state index is -1.16. The zero-order chi connectivity index (χ0) is 12.1. The molecule has 6 heteroatoms. The van der Waals surface area contributed by atoms with Gasteiger partial charge in [-0.15, -0.1) is 0 Å². The third-order valence-electron chi connectivity index (χ3n) is 1.46. The highest BCUT2D eigenvalue weighted by Crippen LogP contribution is 2.06. The number of alkyl carbamates (subject to hydrolysis) is 1. The first kappa shape index (κ1) is 13.7. The fraction of sp³-hybridized carbons (Fsp3) is 0.778. The largest absolute Gasteiger partial charge is 0.481 e. The van der Waals surface area contributed by atoms with Crippen LogP contribution in [-0.4, -0.2) is 41.0 Å². The van der Waals surface area contributed by atoms with E-state index in [9.17, 15) is 9.59 Å². The summed E-state index contributed by atoms with van der Waals surface area (Å²) in [7, 11) is 0. The zero-order valence-corrected chi connectivity index (χ0v) is 9.11. The van der Waals surface area contributed by atoms with Gasteiger partial charge in [0, 0.05) is 6.54 Å². The van der Waals surface area contributed by atoms with E-state index in [4.69, 9.17) is 14.9 Å². The van der Waals surface area contributed by atoms with Crippen LogP contribution in [0.2, 0.25) is 0 Å². The van der Waals surface area contributed by atoms with Gasteiger partial charge in [-0.25, -0.2) is 4.79 Å². The molecule has 1 atom stereocenters. The summed E-state index contributed by atoms with van der Waals surface area (Å²) in [6, 6.07) is 0. The Morgan fingerprint density at radius 1 is 1.40 bits per heavy atom. The first-order chi connectivity index (χ1) is 6.76. The van der Waals surface area contributed by atoms with Gasteiger partial charge < -0.3 is 20.3 Å². The molecule has 0 fully saturated rings. The molecule has 0 spiro atoms. The monoisotopic (exact) mass is 219 g/mol. The Labute approximate surface area is 88.2 Å². The van der Waals surface area contributed by atoms with Crippen LogP contribution in [0, 0.1) is 5.92 Å². The van der Waals surface area contributed by atoms with Gasteiger partial charge >= 0.3 is 12.1 Å². The smallest absolute Gasteiger partial charge is 0.407 e. The Hall–Kier alpha value is -1.30. The molecule has 88 valence electrons. The van der Waals surface area contributed by atoms with Crippen LogP contribution in [-0.2, 0) is 9.53 Å². The molecule has 0 aromatic heterocycles. The van der Waals surface area contributed by atoms with Gasteiger partial charge in [-0.1, -0.05) is 0 Å². The summed E-state index contributed by atoms with van der Waals surface area (Å²) in [5, 5.41) is 19.5. The molecule has 0 aliphatic carbocycles. The van der Waals surface area contributed by atoms with Gasteiger partial charge in [0.05, 0.1) is 12.5 Å². The Morgan fingerprint density at radius 2 is 1.93 bits per heavy atom. The van der Waals surface area contributed by atoms with E-state index in [-0.39, 0.29) is 6.54 Å². The second-order valence-electron chi connectivity index (χ2n) is 4.10. The van der Waals surface area contributed by atoms with Crippen molar-refractivity contribution in [2.24, 2.45) is 5.92 Å². The lowest BCUT2D eigenvalue weighted by Gasteiger charge is -2.20. The first-order valence-electron chi connectivity index (χ1n) is 4.57. The Kier molecular flexibility index (Phi) is 5.07. The highest BCUT2D eigenvalue weighted by molar-refractivity contribution is 5.72. The Balaban J connectivity index is 3.94. The normalized spacial score (nSPS) is 13.1. The van der Waals surface area contributed by atoms with Gasteiger partial charge in [0.15, 0.2) is 0 Å². The van der Waals surface area contributed by atoms with Gasteiger partial charge in [0.2, 0.25) is 0 Å². The second-order valence-corrected chi connectivity index (χ2v) is 4.10. The minimum Gasteiger partial charge on any atom is -0.481 e. The van der Waals surface area contributed by atoms with E-state index in [0.717, 1.165) is 0 Å². The number of amides is 1. The highest BCUT2D eigenvalue weighted by Gasteiger charge is 2.20. The standard InChI is InChI=1S/C9H17NO5/c1-9(2,3)15-8(14)10-4-6(5-11)7(12)13/h6,11H,4-5H2,1-3H3,(H,10,14)(H,12,13)/t6-/m1/s1. The quantitative estimate of drug-likeness (QED) is 0.628. The van der Waals surface area contributed by atoms with Crippen molar-refractivity contribution in [1.29, 1.82) is 0 Å². The van der Waals surface area contributed by atoms with Crippen molar-refractivity contribution >= 4 is 12.1 Å². The van der Waals surface area contributed by atoms with Crippen LogP contribution in [0.15, 0.2) is 0 Å². The number of aliphatic carboxylic acids is 1. The molecule has 0 heterocycles. The molecular formula is C9H17NO5. The predicted octanol–water partition coefficient (Wildman–Crippen LogP) is 0.204. The number of rotatable bonds is 4. The number of aliphatic hydroxyl groups is 1. The van der Waals surface area contributed by atoms with Crippen LogP contribution >= 0.6 is 0 Å². The Bertz CT molecular complexity index is 233. The lowest BCUT2D eigenvalue weighted by atomic mass is 10.1. The van der Waals surface area contributed by atoms with E-state index in [0.29, 0.717) is 0 Å². The van der Waals surface area contributed by atoms with Gasteiger partial charge in [0.25, 0.3) is 0 Å². The number of ether oxygens (including phenoxy) is 1.